The average Bonchev–Trinajstić information content (AvgIpc) is 2.61. The molecule has 5 heteroatoms. The zero-order valence-electron chi connectivity index (χ0n) is 14.4. The van der Waals surface area contributed by atoms with Crippen molar-refractivity contribution in [3.8, 4) is 0 Å². The Balaban J connectivity index is 2.01. The first-order chi connectivity index (χ1) is 11.5. The van der Waals surface area contributed by atoms with Gasteiger partial charge in [0.25, 0.3) is 0 Å². The summed E-state index contributed by atoms with van der Waals surface area (Å²) in [4.78, 5) is 24.1. The van der Waals surface area contributed by atoms with E-state index in [1.165, 1.54) is 6.42 Å². The molecule has 0 aromatic heterocycles. The largest absolute Gasteiger partial charge is 0.370 e. The molecule has 1 saturated carbocycles. The van der Waals surface area contributed by atoms with Gasteiger partial charge >= 0.3 is 0 Å². The molecule has 0 bridgehead atoms. The van der Waals surface area contributed by atoms with Crippen LogP contribution in [0.2, 0.25) is 0 Å². The van der Waals surface area contributed by atoms with E-state index in [1.54, 1.807) is 0 Å². The van der Waals surface area contributed by atoms with Gasteiger partial charge < -0.3 is 16.8 Å². The van der Waals surface area contributed by atoms with E-state index in [9.17, 15) is 9.59 Å². The summed E-state index contributed by atoms with van der Waals surface area (Å²) in [7, 11) is 0. The van der Waals surface area contributed by atoms with Gasteiger partial charge in [-0.05, 0) is 24.3 Å². The lowest BCUT2D eigenvalue weighted by atomic mass is 9.82. The van der Waals surface area contributed by atoms with Crippen molar-refractivity contribution in [2.45, 2.75) is 57.5 Å². The van der Waals surface area contributed by atoms with Crippen molar-refractivity contribution < 1.29 is 9.59 Å². The van der Waals surface area contributed by atoms with Crippen LogP contribution in [-0.2, 0) is 9.59 Å². The molecular formula is C19H29N3O2. The Labute approximate surface area is 144 Å². The maximum absolute atomic E-state index is 12.6. The van der Waals surface area contributed by atoms with E-state index in [1.807, 2.05) is 37.3 Å². The van der Waals surface area contributed by atoms with Crippen LogP contribution >= 0.6 is 0 Å². The van der Waals surface area contributed by atoms with Crippen LogP contribution in [0.3, 0.4) is 0 Å². The van der Waals surface area contributed by atoms with E-state index in [4.69, 9.17) is 11.5 Å². The number of hydrogen-bond donors (Lipinski definition) is 3. The summed E-state index contributed by atoms with van der Waals surface area (Å²) in [5.74, 6) is -0.518. The zero-order chi connectivity index (χ0) is 17.5. The minimum absolute atomic E-state index is 0.108. The standard InChI is InChI=1S/C19H29N3O2/c1-13(18(21)15-10-6-3-7-11-15)19(24)22-16(12-17(20)23)14-8-4-2-5-9-14/h3,6-7,10-11,13-14,16,18H,2,4-5,8-9,12,21H2,1H3,(H2,20,23)(H,22,24). The van der Waals surface area contributed by atoms with Crippen LogP contribution in [0.4, 0.5) is 0 Å². The van der Waals surface area contributed by atoms with Crippen molar-refractivity contribution in [3.63, 3.8) is 0 Å². The Kier molecular flexibility index (Phi) is 6.79. The van der Waals surface area contributed by atoms with E-state index in [2.05, 4.69) is 5.32 Å². The number of hydrogen-bond acceptors (Lipinski definition) is 3. The van der Waals surface area contributed by atoms with E-state index < -0.39 is 0 Å². The summed E-state index contributed by atoms with van der Waals surface area (Å²) < 4.78 is 0. The van der Waals surface area contributed by atoms with Gasteiger partial charge in [0.1, 0.15) is 0 Å². The lowest BCUT2D eigenvalue weighted by Gasteiger charge is -2.32. The van der Waals surface area contributed by atoms with Gasteiger partial charge in [0.2, 0.25) is 11.8 Å². The first-order valence-electron chi connectivity index (χ1n) is 8.88. The highest BCUT2D eigenvalue weighted by molar-refractivity contribution is 5.81. The summed E-state index contributed by atoms with van der Waals surface area (Å²) in [6.45, 7) is 1.83. The number of rotatable bonds is 7. The maximum Gasteiger partial charge on any atom is 0.224 e. The van der Waals surface area contributed by atoms with Crippen molar-refractivity contribution in [2.24, 2.45) is 23.3 Å². The molecule has 1 aromatic rings. The van der Waals surface area contributed by atoms with E-state index >= 15 is 0 Å². The van der Waals surface area contributed by atoms with Crippen LogP contribution in [0.15, 0.2) is 30.3 Å². The highest BCUT2D eigenvalue weighted by Gasteiger charge is 2.29. The fourth-order valence-electron chi connectivity index (χ4n) is 3.53. The molecule has 5 nitrogen and oxygen atoms in total. The first kappa shape index (κ1) is 18.5. The second kappa shape index (κ2) is 8.83. The molecule has 24 heavy (non-hydrogen) atoms. The third-order valence-electron chi connectivity index (χ3n) is 5.10. The van der Waals surface area contributed by atoms with Gasteiger partial charge in [0.15, 0.2) is 0 Å². The minimum Gasteiger partial charge on any atom is -0.370 e. The summed E-state index contributed by atoms with van der Waals surface area (Å²) in [6.07, 6.45) is 5.80. The highest BCUT2D eigenvalue weighted by atomic mass is 16.2. The van der Waals surface area contributed by atoms with Gasteiger partial charge in [-0.25, -0.2) is 0 Å². The van der Waals surface area contributed by atoms with Crippen molar-refractivity contribution in [2.75, 3.05) is 0 Å². The summed E-state index contributed by atoms with van der Waals surface area (Å²) in [5, 5.41) is 3.05. The third kappa shape index (κ3) is 5.06. The average molecular weight is 331 g/mol. The Hall–Kier alpha value is -1.88. The summed E-state index contributed by atoms with van der Waals surface area (Å²) >= 11 is 0. The Morgan fingerprint density at radius 2 is 1.79 bits per heavy atom. The Bertz CT molecular complexity index is 541. The smallest absolute Gasteiger partial charge is 0.224 e. The molecule has 2 rings (SSSR count). The topological polar surface area (TPSA) is 98.2 Å². The fraction of sp³-hybridized carbons (Fsp3) is 0.579. The van der Waals surface area contributed by atoms with Crippen molar-refractivity contribution in [1.29, 1.82) is 0 Å². The Morgan fingerprint density at radius 1 is 1.17 bits per heavy atom. The van der Waals surface area contributed by atoms with Crippen molar-refractivity contribution in [1.82, 2.24) is 5.32 Å². The van der Waals surface area contributed by atoms with Gasteiger partial charge in [-0.15, -0.1) is 0 Å². The molecule has 3 atom stereocenters. The van der Waals surface area contributed by atoms with Crippen molar-refractivity contribution in [3.05, 3.63) is 35.9 Å². The highest BCUT2D eigenvalue weighted by Crippen LogP contribution is 2.28. The molecule has 2 amide bonds. The van der Waals surface area contributed by atoms with Gasteiger partial charge in [0, 0.05) is 18.5 Å². The minimum atomic E-state index is -0.370. The van der Waals surface area contributed by atoms with Gasteiger partial charge in [-0.1, -0.05) is 56.5 Å². The molecule has 5 N–H and O–H groups in total. The van der Waals surface area contributed by atoms with Crippen LogP contribution < -0.4 is 16.8 Å². The van der Waals surface area contributed by atoms with Crippen LogP contribution in [0.25, 0.3) is 0 Å². The Morgan fingerprint density at radius 3 is 2.38 bits per heavy atom. The summed E-state index contributed by atoms with van der Waals surface area (Å²) in [5.41, 5.74) is 12.6. The number of benzene rings is 1. The number of nitrogens with two attached hydrogens (primary N) is 2. The maximum atomic E-state index is 12.6. The molecule has 0 aliphatic heterocycles. The molecule has 0 radical (unpaired) electrons. The fourth-order valence-corrected chi connectivity index (χ4v) is 3.53. The second-order valence-corrected chi connectivity index (χ2v) is 6.91. The molecule has 3 unspecified atom stereocenters. The van der Waals surface area contributed by atoms with Crippen LogP contribution in [-0.4, -0.2) is 17.9 Å². The second-order valence-electron chi connectivity index (χ2n) is 6.91. The predicted molar refractivity (Wildman–Crippen MR) is 94.9 cm³/mol. The number of carbonyl (C=O) groups excluding carboxylic acids is 2. The molecule has 0 spiro atoms. The lowest BCUT2D eigenvalue weighted by Crippen LogP contribution is -2.47. The molecular weight excluding hydrogens is 302 g/mol. The van der Waals surface area contributed by atoms with E-state index in [-0.39, 0.29) is 36.2 Å². The van der Waals surface area contributed by atoms with Crippen LogP contribution in [0, 0.1) is 11.8 Å². The van der Waals surface area contributed by atoms with E-state index in [0.717, 1.165) is 31.2 Å². The third-order valence-corrected chi connectivity index (χ3v) is 5.10. The number of primary amides is 1. The number of carbonyl (C=O) groups is 2. The molecule has 0 heterocycles. The normalized spacial score (nSPS) is 19.2. The predicted octanol–water partition coefficient (Wildman–Crippen LogP) is 2.26. The van der Waals surface area contributed by atoms with Crippen LogP contribution in [0.5, 0.6) is 0 Å². The molecule has 1 fully saturated rings. The number of amides is 2. The van der Waals surface area contributed by atoms with Gasteiger partial charge in [-0.3, -0.25) is 9.59 Å². The van der Waals surface area contributed by atoms with Gasteiger partial charge in [-0.2, -0.15) is 0 Å². The lowest BCUT2D eigenvalue weighted by molar-refractivity contribution is -0.127. The summed E-state index contributed by atoms with van der Waals surface area (Å²) in [6, 6.07) is 9.06. The zero-order valence-corrected chi connectivity index (χ0v) is 14.4. The molecule has 1 aliphatic rings. The van der Waals surface area contributed by atoms with Gasteiger partial charge in [0.05, 0.1) is 5.92 Å². The number of nitrogens with one attached hydrogen (secondary N) is 1. The molecule has 1 aromatic carbocycles. The van der Waals surface area contributed by atoms with Crippen LogP contribution in [0.1, 0.15) is 57.1 Å². The monoisotopic (exact) mass is 331 g/mol. The van der Waals surface area contributed by atoms with E-state index in [0.29, 0.717) is 5.92 Å². The first-order valence-corrected chi connectivity index (χ1v) is 8.88. The molecule has 1 aliphatic carbocycles. The quantitative estimate of drug-likeness (QED) is 0.714. The van der Waals surface area contributed by atoms with Crippen molar-refractivity contribution >= 4 is 11.8 Å². The SMILES string of the molecule is CC(C(=O)NC(CC(N)=O)C1CCCCC1)C(N)c1ccccc1. The molecule has 0 saturated heterocycles. The molecule has 132 valence electrons.